The van der Waals surface area contributed by atoms with Crippen molar-refractivity contribution in [2.75, 3.05) is 0 Å². The molecule has 1 atom stereocenters. The molecule has 0 saturated heterocycles. The molecule has 0 aromatic heterocycles. The van der Waals surface area contributed by atoms with Crippen LogP contribution in [0.4, 0.5) is 4.39 Å². The van der Waals surface area contributed by atoms with Crippen LogP contribution in [0.15, 0.2) is 22.7 Å². The molecule has 17 heavy (non-hydrogen) atoms. The van der Waals surface area contributed by atoms with Gasteiger partial charge < -0.3 is 5.73 Å². The zero-order chi connectivity index (χ0) is 13.1. The fourth-order valence-electron chi connectivity index (χ4n) is 1.69. The lowest BCUT2D eigenvalue weighted by Crippen LogP contribution is -2.24. The van der Waals surface area contributed by atoms with E-state index in [-0.39, 0.29) is 11.9 Å². The smallest absolute Gasteiger partial charge is 0.137 e. The summed E-state index contributed by atoms with van der Waals surface area (Å²) < 4.78 is 13.6. The van der Waals surface area contributed by atoms with Gasteiger partial charge in [0.15, 0.2) is 0 Å². The molecule has 1 aromatic rings. The summed E-state index contributed by atoms with van der Waals surface area (Å²) in [6.07, 6.45) is 2.91. The van der Waals surface area contributed by atoms with Crippen molar-refractivity contribution >= 4 is 15.9 Å². The van der Waals surface area contributed by atoms with Crippen molar-refractivity contribution in [1.82, 2.24) is 0 Å². The van der Waals surface area contributed by atoms with Gasteiger partial charge in [0.25, 0.3) is 0 Å². The lowest BCUT2D eigenvalue weighted by molar-refractivity contribution is 0.347. The first-order chi connectivity index (χ1) is 7.78. The van der Waals surface area contributed by atoms with E-state index in [0.717, 1.165) is 24.8 Å². The molecule has 0 spiro atoms. The SMILES string of the molecule is CC(C)(C)CCC(N)Cc1ccc(F)c(Br)c1. The van der Waals surface area contributed by atoms with Gasteiger partial charge in [-0.15, -0.1) is 0 Å². The first kappa shape index (κ1) is 14.7. The van der Waals surface area contributed by atoms with Crippen molar-refractivity contribution in [1.29, 1.82) is 0 Å². The maximum Gasteiger partial charge on any atom is 0.137 e. The normalized spacial score (nSPS) is 13.8. The molecule has 1 nitrogen and oxygen atoms in total. The van der Waals surface area contributed by atoms with Crippen molar-refractivity contribution in [3.8, 4) is 0 Å². The van der Waals surface area contributed by atoms with E-state index >= 15 is 0 Å². The predicted molar refractivity (Wildman–Crippen MR) is 74.5 cm³/mol. The fraction of sp³-hybridized carbons (Fsp3) is 0.571. The topological polar surface area (TPSA) is 26.0 Å². The van der Waals surface area contributed by atoms with Gasteiger partial charge in [-0.2, -0.15) is 0 Å². The Morgan fingerprint density at radius 2 is 2.00 bits per heavy atom. The van der Waals surface area contributed by atoms with Gasteiger partial charge in [-0.05, 0) is 58.3 Å². The van der Waals surface area contributed by atoms with Crippen LogP contribution in [0.25, 0.3) is 0 Å². The zero-order valence-corrected chi connectivity index (χ0v) is 12.3. The quantitative estimate of drug-likeness (QED) is 0.882. The number of hydrogen-bond donors (Lipinski definition) is 1. The van der Waals surface area contributed by atoms with E-state index in [1.54, 1.807) is 6.07 Å². The monoisotopic (exact) mass is 301 g/mol. The van der Waals surface area contributed by atoms with E-state index in [9.17, 15) is 4.39 Å². The Morgan fingerprint density at radius 1 is 1.35 bits per heavy atom. The Hall–Kier alpha value is -0.410. The summed E-state index contributed by atoms with van der Waals surface area (Å²) in [5, 5.41) is 0. The van der Waals surface area contributed by atoms with Gasteiger partial charge in [-0.1, -0.05) is 26.8 Å². The second-order valence-corrected chi connectivity index (χ2v) is 6.67. The summed E-state index contributed by atoms with van der Waals surface area (Å²) in [5.41, 5.74) is 7.50. The standard InChI is InChI=1S/C14H21BrFN/c1-14(2,3)7-6-11(17)8-10-4-5-13(16)12(15)9-10/h4-5,9,11H,6-8,17H2,1-3H3. The minimum atomic E-state index is -0.225. The third kappa shape index (κ3) is 5.64. The second kappa shape index (κ2) is 5.96. The van der Waals surface area contributed by atoms with Crippen molar-refractivity contribution in [2.45, 2.75) is 46.1 Å². The molecule has 1 rings (SSSR count). The van der Waals surface area contributed by atoms with Crippen LogP contribution in [0.1, 0.15) is 39.2 Å². The number of benzene rings is 1. The summed E-state index contributed by atoms with van der Waals surface area (Å²) in [6, 6.07) is 5.24. The Morgan fingerprint density at radius 3 is 2.53 bits per heavy atom. The van der Waals surface area contributed by atoms with E-state index in [1.807, 2.05) is 6.07 Å². The Kier molecular flexibility index (Phi) is 5.14. The summed E-state index contributed by atoms with van der Waals surface area (Å²) in [4.78, 5) is 0. The highest BCUT2D eigenvalue weighted by Gasteiger charge is 2.13. The average molecular weight is 302 g/mol. The van der Waals surface area contributed by atoms with Crippen LogP contribution in [-0.4, -0.2) is 6.04 Å². The van der Waals surface area contributed by atoms with Crippen LogP contribution in [0.5, 0.6) is 0 Å². The van der Waals surface area contributed by atoms with Crippen LogP contribution < -0.4 is 5.73 Å². The van der Waals surface area contributed by atoms with Gasteiger partial charge in [-0.25, -0.2) is 4.39 Å². The summed E-state index contributed by atoms with van der Waals surface area (Å²) >= 11 is 3.19. The summed E-state index contributed by atoms with van der Waals surface area (Å²) in [5.74, 6) is -0.225. The number of rotatable bonds is 4. The minimum absolute atomic E-state index is 0.145. The lowest BCUT2D eigenvalue weighted by atomic mass is 9.87. The number of hydrogen-bond acceptors (Lipinski definition) is 1. The highest BCUT2D eigenvalue weighted by Crippen LogP contribution is 2.23. The van der Waals surface area contributed by atoms with Gasteiger partial charge in [-0.3, -0.25) is 0 Å². The van der Waals surface area contributed by atoms with Gasteiger partial charge >= 0.3 is 0 Å². The first-order valence-electron chi connectivity index (χ1n) is 5.97. The minimum Gasteiger partial charge on any atom is -0.327 e. The molecular formula is C14H21BrFN. The molecule has 0 aliphatic rings. The molecule has 3 heteroatoms. The molecule has 0 aliphatic heterocycles. The Balaban J connectivity index is 2.50. The highest BCUT2D eigenvalue weighted by molar-refractivity contribution is 9.10. The van der Waals surface area contributed by atoms with Gasteiger partial charge in [0.1, 0.15) is 5.82 Å². The van der Waals surface area contributed by atoms with Crippen molar-refractivity contribution in [3.63, 3.8) is 0 Å². The molecule has 0 amide bonds. The zero-order valence-electron chi connectivity index (χ0n) is 10.8. The van der Waals surface area contributed by atoms with E-state index < -0.39 is 0 Å². The van der Waals surface area contributed by atoms with Crippen LogP contribution in [-0.2, 0) is 6.42 Å². The van der Waals surface area contributed by atoms with Crippen LogP contribution in [0.3, 0.4) is 0 Å². The van der Waals surface area contributed by atoms with Crippen LogP contribution in [0.2, 0.25) is 0 Å². The van der Waals surface area contributed by atoms with Gasteiger partial charge in [0, 0.05) is 6.04 Å². The molecule has 0 bridgehead atoms. The van der Waals surface area contributed by atoms with Gasteiger partial charge in [0.05, 0.1) is 4.47 Å². The molecule has 0 saturated carbocycles. The fourth-order valence-corrected chi connectivity index (χ4v) is 2.12. The number of nitrogens with two attached hydrogens (primary N) is 1. The lowest BCUT2D eigenvalue weighted by Gasteiger charge is -2.21. The third-order valence-corrected chi connectivity index (χ3v) is 3.35. The molecule has 1 unspecified atom stereocenters. The summed E-state index contributed by atoms with van der Waals surface area (Å²) in [7, 11) is 0. The third-order valence-electron chi connectivity index (χ3n) is 2.75. The van der Waals surface area contributed by atoms with Crippen LogP contribution >= 0.6 is 15.9 Å². The molecule has 0 heterocycles. The highest BCUT2D eigenvalue weighted by atomic mass is 79.9. The molecule has 96 valence electrons. The molecule has 0 radical (unpaired) electrons. The molecular weight excluding hydrogens is 281 g/mol. The van der Waals surface area contributed by atoms with E-state index in [0.29, 0.717) is 9.89 Å². The Labute approximate surface area is 112 Å². The van der Waals surface area contributed by atoms with Crippen LogP contribution in [0, 0.1) is 11.2 Å². The maximum atomic E-state index is 13.1. The predicted octanol–water partition coefficient (Wildman–Crippen LogP) is 4.28. The van der Waals surface area contributed by atoms with Crippen molar-refractivity contribution in [2.24, 2.45) is 11.1 Å². The second-order valence-electron chi connectivity index (χ2n) is 5.81. The van der Waals surface area contributed by atoms with E-state index in [2.05, 4.69) is 36.7 Å². The van der Waals surface area contributed by atoms with E-state index in [1.165, 1.54) is 6.07 Å². The molecule has 1 aromatic carbocycles. The maximum absolute atomic E-state index is 13.1. The summed E-state index contributed by atoms with van der Waals surface area (Å²) in [6.45, 7) is 6.65. The molecule has 2 N–H and O–H groups in total. The Bertz CT molecular complexity index is 371. The largest absolute Gasteiger partial charge is 0.327 e. The van der Waals surface area contributed by atoms with Crippen molar-refractivity contribution in [3.05, 3.63) is 34.1 Å². The first-order valence-corrected chi connectivity index (χ1v) is 6.77. The van der Waals surface area contributed by atoms with E-state index in [4.69, 9.17) is 5.73 Å². The molecule has 0 fully saturated rings. The van der Waals surface area contributed by atoms with Crippen molar-refractivity contribution < 1.29 is 4.39 Å². The average Bonchev–Trinajstić information content (AvgIpc) is 2.20. The van der Waals surface area contributed by atoms with Gasteiger partial charge in [0.2, 0.25) is 0 Å². The number of halogens is 2. The molecule has 0 aliphatic carbocycles.